The molecule has 6 rings (SSSR count). The molecule has 0 saturated carbocycles. The number of oxime groups is 1. The van der Waals surface area contributed by atoms with E-state index in [1.807, 2.05) is 60.7 Å². The Labute approximate surface area is 290 Å². The number of alkyl halides is 4. The molecule has 4 aromatic rings. The number of nitrogens with zero attached hydrogens (tertiary/aromatic N) is 3. The van der Waals surface area contributed by atoms with E-state index in [-0.39, 0.29) is 41.4 Å². The van der Waals surface area contributed by atoms with Gasteiger partial charge in [-0.05, 0) is 47.5 Å². The number of ether oxygens (including phenoxy) is 2. The van der Waals surface area contributed by atoms with E-state index in [0.29, 0.717) is 5.69 Å². The van der Waals surface area contributed by atoms with Crippen LogP contribution in [-0.2, 0) is 39.4 Å². The lowest BCUT2D eigenvalue weighted by molar-refractivity contribution is 0.0728. The van der Waals surface area contributed by atoms with Gasteiger partial charge in [0.15, 0.2) is 4.99 Å². The van der Waals surface area contributed by atoms with Crippen molar-refractivity contribution in [2.45, 2.75) is 25.1 Å². The van der Waals surface area contributed by atoms with E-state index < -0.39 is 34.9 Å². The molecular weight excluding hydrogens is 678 g/mol. The van der Waals surface area contributed by atoms with Crippen molar-refractivity contribution < 1.29 is 41.5 Å². The van der Waals surface area contributed by atoms with Crippen LogP contribution >= 0.6 is 12.2 Å². The quantitative estimate of drug-likeness (QED) is 0.112. The molecule has 0 fully saturated rings. The van der Waals surface area contributed by atoms with Crippen LogP contribution in [0.1, 0.15) is 22.3 Å². The van der Waals surface area contributed by atoms with E-state index in [1.165, 1.54) is 67.4 Å². The largest absolute Gasteiger partial charge is 0.444 e. The number of fused-ring (bicyclic) bond motifs is 2. The number of likely N-dealkylation sites (N-methyl/N-ethyl adjacent to an activating group) is 2. The second-order valence-electron chi connectivity index (χ2n) is 11.0. The maximum absolute atomic E-state index is 14.5. The van der Waals surface area contributed by atoms with Gasteiger partial charge in [0, 0.05) is 25.5 Å². The third kappa shape index (κ3) is 7.62. The molecule has 2 amide bonds. The van der Waals surface area contributed by atoms with Gasteiger partial charge < -0.3 is 24.1 Å². The Balaban J connectivity index is 0.000000195. The zero-order valence-electron chi connectivity index (χ0n) is 27.0. The van der Waals surface area contributed by atoms with Crippen molar-refractivity contribution in [3.8, 4) is 0 Å². The maximum Gasteiger partial charge on any atom is 0.411 e. The Bertz CT molecular complexity index is 1910. The molecule has 0 spiro atoms. The first kappa shape index (κ1) is 35.6. The zero-order chi connectivity index (χ0) is 36.1. The van der Waals surface area contributed by atoms with Gasteiger partial charge in [0.1, 0.15) is 20.3 Å². The number of carbonyl (C=O) groups is 2. The fraction of sp³-hybridized carbons (Fsp3) is 0.200. The van der Waals surface area contributed by atoms with Crippen LogP contribution in [0.25, 0.3) is 0 Å². The average molecular weight is 710 g/mol. The van der Waals surface area contributed by atoms with E-state index >= 15 is 0 Å². The molecule has 0 aromatic heterocycles. The molecule has 0 unspecified atom stereocenters. The SMILES string of the molecule is CN1C(=S)C(F)(F)c2cc(NC(=O)OCc3ccccc3)ccc21.CON=C1N(C)c2ccc(NC(=O)OCc3ccccc3)cc2C1(F)F. The van der Waals surface area contributed by atoms with Crippen molar-refractivity contribution in [2.24, 2.45) is 5.16 Å². The summed E-state index contributed by atoms with van der Waals surface area (Å²) in [6.45, 7) is 0.182. The number of amidine groups is 1. The number of hydrogen-bond donors (Lipinski definition) is 2. The second kappa shape index (κ2) is 14.8. The molecule has 50 heavy (non-hydrogen) atoms. The number of amides is 2. The lowest BCUT2D eigenvalue weighted by atomic mass is 10.1. The highest BCUT2D eigenvalue weighted by atomic mass is 32.1. The van der Waals surface area contributed by atoms with E-state index in [9.17, 15) is 27.2 Å². The van der Waals surface area contributed by atoms with Crippen molar-refractivity contribution in [3.05, 3.63) is 119 Å². The third-order valence-electron chi connectivity index (χ3n) is 7.66. The Morgan fingerprint density at radius 3 is 1.60 bits per heavy atom. The molecule has 15 heteroatoms. The molecule has 0 atom stereocenters. The molecule has 0 bridgehead atoms. The first-order valence-corrected chi connectivity index (χ1v) is 15.4. The van der Waals surface area contributed by atoms with Gasteiger partial charge in [0.2, 0.25) is 5.84 Å². The molecule has 2 N–H and O–H groups in total. The highest BCUT2D eigenvalue weighted by Gasteiger charge is 2.50. The number of anilines is 4. The number of carbonyl (C=O) groups excluding carboxylic acids is 2. The van der Waals surface area contributed by atoms with E-state index in [2.05, 4.69) is 20.6 Å². The second-order valence-corrected chi connectivity index (χ2v) is 11.4. The van der Waals surface area contributed by atoms with Crippen molar-refractivity contribution in [1.82, 2.24) is 0 Å². The highest BCUT2D eigenvalue weighted by molar-refractivity contribution is 7.80. The van der Waals surface area contributed by atoms with Crippen molar-refractivity contribution in [1.29, 1.82) is 0 Å². The van der Waals surface area contributed by atoms with Gasteiger partial charge in [-0.25, -0.2) is 9.59 Å². The summed E-state index contributed by atoms with van der Waals surface area (Å²) < 4.78 is 67.5. The van der Waals surface area contributed by atoms with Gasteiger partial charge in [-0.2, -0.15) is 17.6 Å². The summed E-state index contributed by atoms with van der Waals surface area (Å²) in [4.78, 5) is 30.3. The van der Waals surface area contributed by atoms with Crippen LogP contribution in [0, 0.1) is 0 Å². The third-order valence-corrected chi connectivity index (χ3v) is 8.19. The van der Waals surface area contributed by atoms with Gasteiger partial charge in [-0.15, -0.1) is 0 Å². The number of halogens is 4. The minimum absolute atomic E-state index is 0.0845. The summed E-state index contributed by atoms with van der Waals surface area (Å²) in [5.74, 6) is -7.07. The predicted molar refractivity (Wildman–Crippen MR) is 185 cm³/mol. The Morgan fingerprint density at radius 2 is 1.14 bits per heavy atom. The number of nitrogens with one attached hydrogen (secondary N) is 2. The summed E-state index contributed by atoms with van der Waals surface area (Å²) in [6, 6.07) is 26.7. The smallest absolute Gasteiger partial charge is 0.411 e. The topological polar surface area (TPSA) is 105 Å². The van der Waals surface area contributed by atoms with Gasteiger partial charge in [-0.3, -0.25) is 10.6 Å². The fourth-order valence-electron chi connectivity index (χ4n) is 5.16. The highest BCUT2D eigenvalue weighted by Crippen LogP contribution is 2.46. The summed E-state index contributed by atoms with van der Waals surface area (Å²) >= 11 is 4.77. The molecule has 0 radical (unpaired) electrons. The van der Waals surface area contributed by atoms with Gasteiger partial charge >= 0.3 is 24.0 Å². The summed E-state index contributed by atoms with van der Waals surface area (Å²) in [7, 11) is 4.16. The van der Waals surface area contributed by atoms with Crippen LogP contribution in [0.3, 0.4) is 0 Å². The van der Waals surface area contributed by atoms with Crippen molar-refractivity contribution in [2.75, 3.05) is 41.6 Å². The Hall–Kier alpha value is -5.70. The van der Waals surface area contributed by atoms with Crippen LogP contribution in [-0.4, -0.2) is 44.2 Å². The number of thiocarbonyl (C=S) groups is 1. The standard InChI is InChI=1S/C18H17F2N3O3.C17H14F2N2O2S/c1-23-15-9-8-13(10-14(15)18(19,20)16(23)22-25-2)21-17(24)26-11-12-6-4-3-5-7-12;1-21-14-8-7-12(9-13(14)17(18,19)15(21)24)20-16(22)23-10-11-5-3-2-4-6-11/h3-10H,11H2,1-2H3,(H,21,24);2-9H,10H2,1H3,(H,20,22). The van der Waals surface area contributed by atoms with E-state index in [0.717, 1.165) is 11.1 Å². The molecule has 2 heterocycles. The number of benzene rings is 4. The van der Waals surface area contributed by atoms with Crippen LogP contribution in [0.4, 0.5) is 49.9 Å². The van der Waals surface area contributed by atoms with Gasteiger partial charge in [0.05, 0.1) is 22.5 Å². The molecule has 4 aromatic carbocycles. The molecule has 2 aliphatic rings. The van der Waals surface area contributed by atoms with Gasteiger partial charge in [-0.1, -0.05) is 78.0 Å². The average Bonchev–Trinajstić information content (AvgIpc) is 3.40. The Morgan fingerprint density at radius 1 is 0.700 bits per heavy atom. The van der Waals surface area contributed by atoms with Crippen molar-refractivity contribution >= 4 is 58.0 Å². The first-order valence-electron chi connectivity index (χ1n) is 15.0. The van der Waals surface area contributed by atoms with E-state index in [1.54, 1.807) is 0 Å². The zero-order valence-corrected chi connectivity index (χ0v) is 27.8. The summed E-state index contributed by atoms with van der Waals surface area (Å²) in [5, 5.41) is 8.32. The molecule has 10 nitrogen and oxygen atoms in total. The lowest BCUT2D eigenvalue weighted by Gasteiger charge is -2.14. The van der Waals surface area contributed by atoms with Crippen LogP contribution < -0.4 is 20.4 Å². The first-order chi connectivity index (χ1) is 23.8. The molecule has 0 saturated heterocycles. The van der Waals surface area contributed by atoms with E-state index in [4.69, 9.17) is 21.7 Å². The van der Waals surface area contributed by atoms with Crippen LogP contribution in [0.5, 0.6) is 0 Å². The molecule has 260 valence electrons. The molecular formula is C35H31F4N5O5S. The lowest BCUT2D eigenvalue weighted by Crippen LogP contribution is -2.32. The van der Waals surface area contributed by atoms with Gasteiger partial charge in [0.25, 0.3) is 0 Å². The van der Waals surface area contributed by atoms with Crippen LogP contribution in [0.2, 0.25) is 0 Å². The summed E-state index contributed by atoms with van der Waals surface area (Å²) in [5.41, 5.74) is 2.21. The Kier molecular flexibility index (Phi) is 10.6. The minimum atomic E-state index is -3.33. The number of hydrogen-bond acceptors (Lipinski definition) is 7. The monoisotopic (exact) mass is 709 g/mol. The minimum Gasteiger partial charge on any atom is -0.444 e. The van der Waals surface area contributed by atoms with Crippen LogP contribution in [0.15, 0.2) is 102 Å². The van der Waals surface area contributed by atoms with Crippen molar-refractivity contribution in [3.63, 3.8) is 0 Å². The molecule has 0 aliphatic carbocycles. The number of rotatable bonds is 7. The maximum atomic E-state index is 14.5. The summed E-state index contributed by atoms with van der Waals surface area (Å²) in [6.07, 6.45) is -1.44. The predicted octanol–water partition coefficient (Wildman–Crippen LogP) is 8.24. The normalized spacial score (nSPS) is 15.7. The molecule has 2 aliphatic heterocycles. The fourth-order valence-corrected chi connectivity index (χ4v) is 5.36.